The number of aryl methyl sites for hydroxylation is 1. The number of fused-ring (bicyclic) bond motifs is 2. The minimum absolute atomic E-state index is 0.196. The van der Waals surface area contributed by atoms with Gasteiger partial charge in [0.1, 0.15) is 11.7 Å². The van der Waals surface area contributed by atoms with Gasteiger partial charge in [0.05, 0.1) is 18.4 Å². The predicted octanol–water partition coefficient (Wildman–Crippen LogP) is 0.977. The van der Waals surface area contributed by atoms with Crippen molar-refractivity contribution < 1.29 is 14.4 Å². The number of rotatable bonds is 4. The summed E-state index contributed by atoms with van der Waals surface area (Å²) in [4.78, 5) is 38.5. The lowest BCUT2D eigenvalue weighted by Crippen LogP contribution is -2.52. The minimum atomic E-state index is -0.641. The molecular weight excluding hydrogens is 422 g/mol. The first-order valence-electron chi connectivity index (χ1n) is 11.2. The van der Waals surface area contributed by atoms with Gasteiger partial charge in [0.2, 0.25) is 11.8 Å². The predicted molar refractivity (Wildman–Crippen MR) is 116 cm³/mol. The van der Waals surface area contributed by atoms with Gasteiger partial charge in [-0.2, -0.15) is 5.10 Å². The fourth-order valence-corrected chi connectivity index (χ4v) is 5.30. The molecule has 3 amide bonds. The van der Waals surface area contributed by atoms with Crippen molar-refractivity contribution in [2.75, 3.05) is 0 Å². The highest BCUT2D eigenvalue weighted by Gasteiger charge is 2.40. The van der Waals surface area contributed by atoms with Gasteiger partial charge >= 0.3 is 0 Å². The van der Waals surface area contributed by atoms with E-state index < -0.39 is 11.9 Å². The molecule has 10 heteroatoms. The van der Waals surface area contributed by atoms with Gasteiger partial charge in [-0.25, -0.2) is 4.68 Å². The van der Waals surface area contributed by atoms with Gasteiger partial charge < -0.3 is 4.90 Å². The van der Waals surface area contributed by atoms with E-state index in [0.717, 1.165) is 36.1 Å². The molecule has 2 aliphatic heterocycles. The van der Waals surface area contributed by atoms with Crippen molar-refractivity contribution in [1.82, 2.24) is 35.0 Å². The van der Waals surface area contributed by atoms with Crippen LogP contribution in [-0.2, 0) is 42.6 Å². The van der Waals surface area contributed by atoms with Crippen LogP contribution in [0.15, 0.2) is 24.4 Å². The quantitative estimate of drug-likeness (QED) is 0.599. The van der Waals surface area contributed by atoms with Crippen molar-refractivity contribution >= 4 is 17.7 Å². The van der Waals surface area contributed by atoms with E-state index in [1.165, 1.54) is 11.3 Å². The average molecular weight is 445 g/mol. The Morgan fingerprint density at radius 1 is 1.09 bits per heavy atom. The third-order valence-corrected chi connectivity index (χ3v) is 6.91. The lowest BCUT2D eigenvalue weighted by Gasteiger charge is -2.29. The molecule has 2 aromatic heterocycles. The second-order valence-electron chi connectivity index (χ2n) is 8.88. The van der Waals surface area contributed by atoms with Crippen LogP contribution < -0.4 is 5.32 Å². The molecule has 1 aromatic carbocycles. The Hall–Kier alpha value is -3.82. The molecule has 1 fully saturated rings. The van der Waals surface area contributed by atoms with E-state index in [1.807, 2.05) is 30.1 Å². The fraction of sp³-hybridized carbons (Fsp3) is 0.391. The van der Waals surface area contributed by atoms with Crippen LogP contribution in [0.25, 0.3) is 11.3 Å². The normalized spacial score (nSPS) is 19.7. The molecule has 6 rings (SSSR count). The zero-order valence-electron chi connectivity index (χ0n) is 18.2. The van der Waals surface area contributed by atoms with E-state index in [1.54, 1.807) is 15.6 Å². The smallest absolute Gasteiger partial charge is 0.255 e. The van der Waals surface area contributed by atoms with E-state index in [2.05, 4.69) is 20.7 Å². The molecule has 1 unspecified atom stereocenters. The monoisotopic (exact) mass is 445 g/mol. The van der Waals surface area contributed by atoms with Gasteiger partial charge in [-0.15, -0.1) is 5.10 Å². The molecule has 0 spiro atoms. The van der Waals surface area contributed by atoms with Gasteiger partial charge in [0, 0.05) is 36.8 Å². The molecule has 1 atom stereocenters. The number of carbonyl (C=O) groups excluding carboxylic acids is 3. The number of hydrogen-bond acceptors (Lipinski definition) is 6. The summed E-state index contributed by atoms with van der Waals surface area (Å²) in [5.41, 5.74) is 6.55. The first-order chi connectivity index (χ1) is 16.0. The van der Waals surface area contributed by atoms with Gasteiger partial charge in [0.15, 0.2) is 0 Å². The summed E-state index contributed by atoms with van der Waals surface area (Å²) in [5.74, 6) is -0.906. The van der Waals surface area contributed by atoms with E-state index in [9.17, 15) is 14.4 Å². The van der Waals surface area contributed by atoms with Crippen molar-refractivity contribution in [2.24, 2.45) is 7.05 Å². The Morgan fingerprint density at radius 2 is 1.94 bits per heavy atom. The molecule has 1 saturated heterocycles. The summed E-state index contributed by atoms with van der Waals surface area (Å²) in [6.45, 7) is 0.851. The van der Waals surface area contributed by atoms with E-state index >= 15 is 0 Å². The number of benzene rings is 1. The SMILES string of the molecule is Cn1nc(Cn2cc(-c3cccc4c3CN(C3CCC(=O)NC3=O)C4=O)nn2)c2c1CCC2. The summed E-state index contributed by atoms with van der Waals surface area (Å²) in [6, 6.07) is 4.88. The number of amides is 3. The van der Waals surface area contributed by atoms with Gasteiger partial charge in [-0.1, -0.05) is 17.3 Å². The van der Waals surface area contributed by atoms with Crippen LogP contribution in [-0.4, -0.2) is 53.4 Å². The second-order valence-corrected chi connectivity index (χ2v) is 8.88. The highest BCUT2D eigenvalue weighted by atomic mass is 16.2. The lowest BCUT2D eigenvalue weighted by molar-refractivity contribution is -0.136. The standard InChI is InChI=1S/C23H23N7O3/c1-28-19-7-3-6-15(19)18(26-28)12-29-11-17(25-27-29)13-4-2-5-14-16(13)10-30(23(14)33)20-8-9-21(31)24-22(20)32/h2,4-5,11,20H,3,6-10,12H2,1H3,(H,24,31,32). The van der Waals surface area contributed by atoms with Crippen LogP contribution in [0, 0.1) is 0 Å². The van der Waals surface area contributed by atoms with Gasteiger partial charge in [-0.3, -0.25) is 24.4 Å². The Balaban J connectivity index is 1.27. The molecule has 3 aliphatic rings. The third kappa shape index (κ3) is 3.16. The summed E-state index contributed by atoms with van der Waals surface area (Å²) >= 11 is 0. The minimum Gasteiger partial charge on any atom is -0.322 e. The maximum Gasteiger partial charge on any atom is 0.255 e. The zero-order chi connectivity index (χ0) is 22.7. The molecule has 3 aromatic rings. The average Bonchev–Trinajstić information content (AvgIpc) is 3.56. The molecular formula is C23H23N7O3. The summed E-state index contributed by atoms with van der Waals surface area (Å²) in [7, 11) is 1.99. The summed E-state index contributed by atoms with van der Waals surface area (Å²) in [6.07, 6.45) is 5.72. The lowest BCUT2D eigenvalue weighted by atomic mass is 10.0. The van der Waals surface area contributed by atoms with Crippen molar-refractivity contribution in [3.63, 3.8) is 0 Å². The molecule has 10 nitrogen and oxygen atoms in total. The molecule has 4 heterocycles. The topological polar surface area (TPSA) is 115 Å². The number of imide groups is 1. The highest BCUT2D eigenvalue weighted by molar-refractivity contribution is 6.06. The number of carbonyl (C=O) groups is 3. The van der Waals surface area contributed by atoms with Crippen molar-refractivity contribution in [1.29, 1.82) is 0 Å². The molecule has 168 valence electrons. The Bertz CT molecular complexity index is 1320. The van der Waals surface area contributed by atoms with E-state index in [0.29, 0.717) is 30.8 Å². The van der Waals surface area contributed by atoms with Crippen LogP contribution in [0.1, 0.15) is 52.1 Å². The van der Waals surface area contributed by atoms with Crippen LogP contribution in [0.3, 0.4) is 0 Å². The summed E-state index contributed by atoms with van der Waals surface area (Å²) < 4.78 is 3.75. The van der Waals surface area contributed by atoms with Crippen LogP contribution >= 0.6 is 0 Å². The number of hydrogen-bond donors (Lipinski definition) is 1. The van der Waals surface area contributed by atoms with Gasteiger partial charge in [-0.05, 0) is 42.9 Å². The fourth-order valence-electron chi connectivity index (χ4n) is 5.30. The maximum atomic E-state index is 13.1. The molecule has 0 saturated carbocycles. The largest absolute Gasteiger partial charge is 0.322 e. The van der Waals surface area contributed by atoms with Crippen molar-refractivity contribution in [3.8, 4) is 11.3 Å². The number of aromatic nitrogens is 5. The molecule has 0 radical (unpaired) electrons. The Kier molecular flexibility index (Phi) is 4.42. The molecule has 1 N–H and O–H groups in total. The third-order valence-electron chi connectivity index (χ3n) is 6.91. The Labute approximate surface area is 189 Å². The number of piperidine rings is 1. The number of nitrogens with one attached hydrogen (secondary N) is 1. The number of nitrogens with zero attached hydrogens (tertiary/aromatic N) is 6. The summed E-state index contributed by atoms with van der Waals surface area (Å²) in [5, 5.41) is 15.7. The van der Waals surface area contributed by atoms with Crippen LogP contribution in [0.2, 0.25) is 0 Å². The van der Waals surface area contributed by atoms with Crippen molar-refractivity contribution in [2.45, 2.75) is 51.2 Å². The van der Waals surface area contributed by atoms with E-state index in [-0.39, 0.29) is 18.2 Å². The van der Waals surface area contributed by atoms with Gasteiger partial charge in [0.25, 0.3) is 5.91 Å². The Morgan fingerprint density at radius 3 is 2.79 bits per heavy atom. The van der Waals surface area contributed by atoms with Crippen LogP contribution in [0.5, 0.6) is 0 Å². The zero-order valence-corrected chi connectivity index (χ0v) is 18.2. The maximum absolute atomic E-state index is 13.1. The molecule has 1 aliphatic carbocycles. The molecule has 33 heavy (non-hydrogen) atoms. The van der Waals surface area contributed by atoms with Crippen molar-refractivity contribution in [3.05, 3.63) is 52.5 Å². The first-order valence-corrected chi connectivity index (χ1v) is 11.2. The highest BCUT2D eigenvalue weighted by Crippen LogP contribution is 2.34. The first kappa shape index (κ1) is 19.8. The molecule has 0 bridgehead atoms. The second kappa shape index (κ2) is 7.36. The van der Waals surface area contributed by atoms with E-state index in [4.69, 9.17) is 0 Å². The van der Waals surface area contributed by atoms with Crippen LogP contribution in [0.4, 0.5) is 0 Å².